The number of fused-ring (bicyclic) bond motifs is 1. The molecule has 0 saturated carbocycles. The van der Waals surface area contributed by atoms with Crippen LogP contribution in [-0.4, -0.2) is 29.3 Å². The van der Waals surface area contributed by atoms with Crippen molar-refractivity contribution in [3.8, 4) is 0 Å². The van der Waals surface area contributed by atoms with Crippen LogP contribution in [0.3, 0.4) is 0 Å². The van der Waals surface area contributed by atoms with E-state index in [0.29, 0.717) is 18.1 Å². The van der Waals surface area contributed by atoms with Crippen molar-refractivity contribution in [3.63, 3.8) is 0 Å². The number of aliphatic hydroxyl groups is 1. The molecule has 1 aromatic heterocycles. The summed E-state index contributed by atoms with van der Waals surface area (Å²) in [6, 6.07) is 24.2. The number of hydrogen-bond donors (Lipinski definition) is 2. The van der Waals surface area contributed by atoms with Crippen molar-refractivity contribution in [3.05, 3.63) is 90.0 Å². The highest BCUT2D eigenvalue weighted by molar-refractivity contribution is 7.90. The van der Waals surface area contributed by atoms with E-state index in [0.717, 1.165) is 16.6 Å². The molecule has 154 valence electrons. The zero-order chi connectivity index (χ0) is 21.1. The molecule has 0 aliphatic carbocycles. The van der Waals surface area contributed by atoms with Crippen LogP contribution in [0.5, 0.6) is 0 Å². The minimum atomic E-state index is -3.27. The zero-order valence-electron chi connectivity index (χ0n) is 16.6. The van der Waals surface area contributed by atoms with Gasteiger partial charge in [0.05, 0.1) is 28.6 Å². The maximum atomic E-state index is 11.7. The lowest BCUT2D eigenvalue weighted by atomic mass is 10.1. The first-order valence-electron chi connectivity index (χ1n) is 9.63. The van der Waals surface area contributed by atoms with E-state index in [1.54, 1.807) is 12.1 Å². The smallest absolute Gasteiger partial charge is 0.204 e. The number of sulfone groups is 1. The quantitative estimate of drug-likeness (QED) is 0.474. The first-order valence-corrected chi connectivity index (χ1v) is 11.5. The van der Waals surface area contributed by atoms with Crippen LogP contribution in [0.4, 0.5) is 5.95 Å². The Hall–Kier alpha value is -3.16. The third kappa shape index (κ3) is 4.37. The molecule has 7 heteroatoms. The molecule has 0 amide bonds. The summed E-state index contributed by atoms with van der Waals surface area (Å²) in [7, 11) is -3.27. The van der Waals surface area contributed by atoms with E-state index in [9.17, 15) is 13.5 Å². The lowest BCUT2D eigenvalue weighted by molar-refractivity contribution is 0.158. The molecule has 1 heterocycles. The Kier molecular flexibility index (Phi) is 5.57. The molecule has 0 radical (unpaired) electrons. The molecular formula is C23H23N3O3S. The van der Waals surface area contributed by atoms with E-state index in [1.807, 2.05) is 59.2 Å². The van der Waals surface area contributed by atoms with Crippen molar-refractivity contribution >= 4 is 26.8 Å². The summed E-state index contributed by atoms with van der Waals surface area (Å²) in [5.41, 5.74) is 3.54. The summed E-state index contributed by atoms with van der Waals surface area (Å²) in [6.45, 7) is 0.902. The number of anilines is 1. The fourth-order valence-electron chi connectivity index (χ4n) is 3.39. The van der Waals surface area contributed by atoms with Gasteiger partial charge in [0.15, 0.2) is 9.84 Å². The van der Waals surface area contributed by atoms with Crippen molar-refractivity contribution in [2.45, 2.75) is 24.1 Å². The summed E-state index contributed by atoms with van der Waals surface area (Å²) in [4.78, 5) is 4.92. The molecule has 6 nitrogen and oxygen atoms in total. The second-order valence-corrected chi connectivity index (χ2v) is 9.25. The molecule has 4 aromatic rings. The van der Waals surface area contributed by atoms with Gasteiger partial charge < -0.3 is 15.0 Å². The molecule has 4 rings (SSSR count). The molecule has 2 N–H and O–H groups in total. The lowest BCUT2D eigenvalue weighted by Gasteiger charge is -2.16. The maximum Gasteiger partial charge on any atom is 0.204 e. The average Bonchev–Trinajstić information content (AvgIpc) is 3.10. The Morgan fingerprint density at radius 1 is 0.967 bits per heavy atom. The van der Waals surface area contributed by atoms with Crippen LogP contribution in [0, 0.1) is 0 Å². The number of hydrogen-bond acceptors (Lipinski definition) is 5. The lowest BCUT2D eigenvalue weighted by Crippen LogP contribution is -2.13. The van der Waals surface area contributed by atoms with E-state index in [-0.39, 0.29) is 11.4 Å². The molecule has 0 bridgehead atoms. The number of para-hydroxylation sites is 2. The van der Waals surface area contributed by atoms with Crippen LogP contribution < -0.4 is 5.32 Å². The fourth-order valence-corrected chi connectivity index (χ4v) is 4.02. The van der Waals surface area contributed by atoms with Crippen LogP contribution in [-0.2, 0) is 22.9 Å². The van der Waals surface area contributed by atoms with E-state index in [1.165, 1.54) is 18.4 Å². The molecule has 0 saturated heterocycles. The van der Waals surface area contributed by atoms with Gasteiger partial charge in [0.1, 0.15) is 0 Å². The largest absolute Gasteiger partial charge is 0.387 e. The van der Waals surface area contributed by atoms with Crippen molar-refractivity contribution in [1.29, 1.82) is 0 Å². The molecular weight excluding hydrogens is 398 g/mol. The third-order valence-corrected chi connectivity index (χ3v) is 6.13. The van der Waals surface area contributed by atoms with Crippen molar-refractivity contribution in [1.82, 2.24) is 9.55 Å². The highest BCUT2D eigenvalue weighted by Gasteiger charge is 2.16. The summed E-state index contributed by atoms with van der Waals surface area (Å²) < 4.78 is 25.3. The van der Waals surface area contributed by atoms with Gasteiger partial charge in [-0.1, -0.05) is 54.6 Å². The Morgan fingerprint density at radius 2 is 1.63 bits per heavy atom. The van der Waals surface area contributed by atoms with Crippen LogP contribution in [0.2, 0.25) is 0 Å². The molecule has 0 fully saturated rings. The Morgan fingerprint density at radius 3 is 2.33 bits per heavy atom. The zero-order valence-corrected chi connectivity index (χ0v) is 17.4. The Labute approximate surface area is 175 Å². The summed E-state index contributed by atoms with van der Waals surface area (Å²) in [5.74, 6) is 0.673. The number of nitrogens with one attached hydrogen (secondary N) is 1. The predicted molar refractivity (Wildman–Crippen MR) is 118 cm³/mol. The molecule has 0 spiro atoms. The summed E-state index contributed by atoms with van der Waals surface area (Å²) in [5, 5.41) is 14.2. The second kappa shape index (κ2) is 8.30. The van der Waals surface area contributed by atoms with Gasteiger partial charge in [-0.15, -0.1) is 0 Å². The van der Waals surface area contributed by atoms with Crippen LogP contribution in [0.15, 0.2) is 83.8 Å². The third-order valence-electron chi connectivity index (χ3n) is 5.00. The second-order valence-electron chi connectivity index (χ2n) is 7.23. The van der Waals surface area contributed by atoms with Crippen LogP contribution in [0.25, 0.3) is 11.0 Å². The Balaban J connectivity index is 1.60. The Bertz CT molecular complexity index is 1250. The number of benzene rings is 3. The van der Waals surface area contributed by atoms with E-state index < -0.39 is 15.9 Å². The van der Waals surface area contributed by atoms with Crippen molar-refractivity contribution < 1.29 is 13.5 Å². The van der Waals surface area contributed by atoms with Crippen LogP contribution in [0.1, 0.15) is 17.2 Å². The minimum Gasteiger partial charge on any atom is -0.387 e. The molecule has 3 aromatic carbocycles. The van der Waals surface area contributed by atoms with E-state index >= 15 is 0 Å². The van der Waals surface area contributed by atoms with Gasteiger partial charge in [-0.2, -0.15) is 0 Å². The molecule has 0 aliphatic heterocycles. The number of aliphatic hydroxyl groups excluding tert-OH is 1. The fraction of sp³-hybridized carbons (Fsp3) is 0.174. The number of imidazole rings is 1. The van der Waals surface area contributed by atoms with Gasteiger partial charge in [-0.25, -0.2) is 13.4 Å². The number of rotatable bonds is 7. The first kappa shape index (κ1) is 20.1. The minimum absolute atomic E-state index is 0.233. The van der Waals surface area contributed by atoms with Crippen molar-refractivity contribution in [2.75, 3.05) is 11.6 Å². The molecule has 1 atom stereocenters. The molecule has 0 aliphatic rings. The SMILES string of the molecule is CS(=O)(=O)c1ccc(C(O)Cn2c(NCc3ccccc3)nc3ccccc32)cc1. The first-order chi connectivity index (χ1) is 14.4. The average molecular weight is 422 g/mol. The van der Waals surface area contributed by atoms with E-state index in [4.69, 9.17) is 0 Å². The van der Waals surface area contributed by atoms with Gasteiger partial charge in [0.25, 0.3) is 0 Å². The summed E-state index contributed by atoms with van der Waals surface area (Å²) >= 11 is 0. The molecule has 30 heavy (non-hydrogen) atoms. The van der Waals surface area contributed by atoms with Gasteiger partial charge >= 0.3 is 0 Å². The standard InChI is InChI=1S/C23H23N3O3S/c1-30(28,29)19-13-11-18(12-14-19)22(27)16-26-21-10-6-5-9-20(21)25-23(26)24-15-17-7-3-2-4-8-17/h2-14,22,27H,15-16H2,1H3,(H,24,25). The highest BCUT2D eigenvalue weighted by atomic mass is 32.2. The van der Waals surface area contributed by atoms with Gasteiger partial charge in [-0.05, 0) is 35.4 Å². The van der Waals surface area contributed by atoms with Gasteiger partial charge in [0.2, 0.25) is 5.95 Å². The predicted octanol–water partition coefficient (Wildman–Crippen LogP) is 3.79. The normalized spacial score (nSPS) is 12.7. The van der Waals surface area contributed by atoms with E-state index in [2.05, 4.69) is 10.3 Å². The topological polar surface area (TPSA) is 84.2 Å². The number of aromatic nitrogens is 2. The summed E-state index contributed by atoms with van der Waals surface area (Å²) in [6.07, 6.45) is 0.356. The van der Waals surface area contributed by atoms with Gasteiger partial charge in [0, 0.05) is 12.8 Å². The maximum absolute atomic E-state index is 11.7. The van der Waals surface area contributed by atoms with Crippen molar-refractivity contribution in [2.24, 2.45) is 0 Å². The monoisotopic (exact) mass is 421 g/mol. The number of nitrogens with zero attached hydrogens (tertiary/aromatic N) is 2. The van der Waals surface area contributed by atoms with Gasteiger partial charge in [-0.3, -0.25) is 0 Å². The van der Waals surface area contributed by atoms with Crippen LogP contribution >= 0.6 is 0 Å². The highest BCUT2D eigenvalue weighted by Crippen LogP contribution is 2.25. The molecule has 1 unspecified atom stereocenters.